The number of piperazine rings is 1. The molecule has 3 rings (SSSR count). The van der Waals surface area contributed by atoms with Crippen LogP contribution in [0.5, 0.6) is 5.75 Å². The van der Waals surface area contributed by atoms with Gasteiger partial charge in [-0.25, -0.2) is 4.79 Å². The van der Waals surface area contributed by atoms with E-state index in [0.717, 1.165) is 5.75 Å². The molecular formula is C16H21N3O3. The van der Waals surface area contributed by atoms with Crippen LogP contribution in [0.4, 0.5) is 4.79 Å². The summed E-state index contributed by atoms with van der Waals surface area (Å²) in [7, 11) is 1.79. The molecule has 6 nitrogen and oxygen atoms in total. The van der Waals surface area contributed by atoms with Crippen molar-refractivity contribution in [1.82, 2.24) is 14.7 Å². The smallest absolute Gasteiger partial charge is 0.321 e. The number of ether oxygens (including phenoxy) is 1. The summed E-state index contributed by atoms with van der Waals surface area (Å²) in [4.78, 5) is 29.7. The summed E-state index contributed by atoms with van der Waals surface area (Å²) in [6.45, 7) is 4.04. The number of urea groups is 1. The minimum absolute atomic E-state index is 0.00647. The van der Waals surface area contributed by atoms with Gasteiger partial charge < -0.3 is 19.4 Å². The number of para-hydroxylation sites is 1. The van der Waals surface area contributed by atoms with E-state index in [-0.39, 0.29) is 24.0 Å². The minimum Gasteiger partial charge on any atom is -0.492 e. The summed E-state index contributed by atoms with van der Waals surface area (Å²) in [6, 6.07) is 9.20. The molecule has 118 valence electrons. The van der Waals surface area contributed by atoms with Crippen molar-refractivity contribution in [3.05, 3.63) is 30.3 Å². The molecule has 0 radical (unpaired) electrons. The summed E-state index contributed by atoms with van der Waals surface area (Å²) in [5.74, 6) is 0.808. The predicted octanol–water partition coefficient (Wildman–Crippen LogP) is 1.03. The van der Waals surface area contributed by atoms with E-state index in [9.17, 15) is 9.59 Å². The molecule has 22 heavy (non-hydrogen) atoms. The van der Waals surface area contributed by atoms with Crippen LogP contribution >= 0.6 is 0 Å². The fraction of sp³-hybridized carbons (Fsp3) is 0.500. The summed E-state index contributed by atoms with van der Waals surface area (Å²) >= 11 is 0. The van der Waals surface area contributed by atoms with Crippen molar-refractivity contribution in [2.24, 2.45) is 0 Å². The highest BCUT2D eigenvalue weighted by Crippen LogP contribution is 2.24. The molecule has 2 saturated heterocycles. The first-order valence-corrected chi connectivity index (χ1v) is 7.58. The van der Waals surface area contributed by atoms with E-state index in [4.69, 9.17) is 4.74 Å². The molecule has 0 unspecified atom stereocenters. The third-order valence-corrected chi connectivity index (χ3v) is 4.32. The van der Waals surface area contributed by atoms with Crippen LogP contribution in [-0.4, -0.2) is 72.0 Å². The van der Waals surface area contributed by atoms with Crippen LogP contribution in [0.15, 0.2) is 30.3 Å². The summed E-state index contributed by atoms with van der Waals surface area (Å²) in [5, 5.41) is 0. The Kier molecular flexibility index (Phi) is 3.92. The lowest BCUT2D eigenvalue weighted by atomic mass is 10.1. The Morgan fingerprint density at radius 1 is 1.18 bits per heavy atom. The van der Waals surface area contributed by atoms with Crippen LogP contribution in [0.25, 0.3) is 0 Å². The average Bonchev–Trinajstić information content (AvgIpc) is 2.82. The second kappa shape index (κ2) is 5.87. The summed E-state index contributed by atoms with van der Waals surface area (Å²) in [6.07, 6.45) is 0. The molecule has 1 aromatic rings. The normalized spacial score (nSPS) is 24.7. The molecule has 3 amide bonds. The van der Waals surface area contributed by atoms with Gasteiger partial charge in [0, 0.05) is 20.1 Å². The molecule has 0 bridgehead atoms. The summed E-state index contributed by atoms with van der Waals surface area (Å²) < 4.78 is 5.65. The molecular weight excluding hydrogens is 282 g/mol. The first kappa shape index (κ1) is 14.7. The van der Waals surface area contributed by atoms with Crippen LogP contribution in [0.3, 0.4) is 0 Å². The SMILES string of the molecule is C[C@H]1C(=O)N(C)C[C@H]2CN(CCOc3ccccc3)C(=O)N21. The van der Waals surface area contributed by atoms with Crippen molar-refractivity contribution in [3.63, 3.8) is 0 Å². The Morgan fingerprint density at radius 2 is 1.91 bits per heavy atom. The Labute approximate surface area is 130 Å². The van der Waals surface area contributed by atoms with Crippen LogP contribution in [0.2, 0.25) is 0 Å². The standard InChI is InChI=1S/C16H21N3O3/c1-12-15(20)17(2)10-13-11-18(16(21)19(12)13)8-9-22-14-6-4-3-5-7-14/h3-7,12-13H,8-11H2,1-2H3/t12-,13-/m0/s1. The van der Waals surface area contributed by atoms with Crippen LogP contribution < -0.4 is 4.74 Å². The lowest BCUT2D eigenvalue weighted by Crippen LogP contribution is -2.58. The van der Waals surface area contributed by atoms with Crippen molar-refractivity contribution in [3.8, 4) is 5.75 Å². The Balaban J connectivity index is 1.58. The number of benzene rings is 1. The highest BCUT2D eigenvalue weighted by molar-refractivity contribution is 5.89. The maximum atomic E-state index is 12.5. The van der Waals surface area contributed by atoms with Gasteiger partial charge >= 0.3 is 6.03 Å². The molecule has 2 fully saturated rings. The lowest BCUT2D eigenvalue weighted by molar-refractivity contribution is -0.139. The molecule has 0 N–H and O–H groups in total. The summed E-state index contributed by atoms with van der Waals surface area (Å²) in [5.41, 5.74) is 0. The molecule has 0 aromatic heterocycles. The Hall–Kier alpha value is -2.24. The van der Waals surface area contributed by atoms with Crippen molar-refractivity contribution in [1.29, 1.82) is 0 Å². The van der Waals surface area contributed by atoms with E-state index in [2.05, 4.69) is 0 Å². The number of amides is 3. The number of likely N-dealkylation sites (N-methyl/N-ethyl adjacent to an activating group) is 1. The molecule has 0 aliphatic carbocycles. The topological polar surface area (TPSA) is 53.1 Å². The predicted molar refractivity (Wildman–Crippen MR) is 81.6 cm³/mol. The average molecular weight is 303 g/mol. The van der Waals surface area contributed by atoms with Crippen LogP contribution in [0.1, 0.15) is 6.92 Å². The monoisotopic (exact) mass is 303 g/mol. The quantitative estimate of drug-likeness (QED) is 0.835. The van der Waals surface area contributed by atoms with E-state index >= 15 is 0 Å². The van der Waals surface area contributed by atoms with Crippen LogP contribution in [-0.2, 0) is 4.79 Å². The Bertz CT molecular complexity index is 563. The number of hydrogen-bond donors (Lipinski definition) is 0. The number of carbonyl (C=O) groups is 2. The maximum Gasteiger partial charge on any atom is 0.321 e. The van der Waals surface area contributed by atoms with E-state index in [1.807, 2.05) is 30.3 Å². The van der Waals surface area contributed by atoms with Gasteiger partial charge in [0.15, 0.2) is 0 Å². The minimum atomic E-state index is -0.378. The first-order chi connectivity index (χ1) is 10.6. The molecule has 1 aromatic carbocycles. The van der Waals surface area contributed by atoms with Gasteiger partial charge in [0.25, 0.3) is 0 Å². The van der Waals surface area contributed by atoms with Gasteiger partial charge in [0.2, 0.25) is 5.91 Å². The van der Waals surface area contributed by atoms with E-state index in [1.54, 1.807) is 28.7 Å². The van der Waals surface area contributed by atoms with Crippen molar-refractivity contribution >= 4 is 11.9 Å². The number of fused-ring (bicyclic) bond motifs is 1. The number of carbonyl (C=O) groups excluding carboxylic acids is 2. The molecule has 6 heteroatoms. The van der Waals surface area contributed by atoms with Crippen molar-refractivity contribution in [2.75, 3.05) is 33.3 Å². The van der Waals surface area contributed by atoms with Gasteiger partial charge in [0.05, 0.1) is 12.6 Å². The largest absolute Gasteiger partial charge is 0.492 e. The second-order valence-electron chi connectivity index (χ2n) is 5.85. The lowest BCUT2D eigenvalue weighted by Gasteiger charge is -2.38. The van der Waals surface area contributed by atoms with Gasteiger partial charge in [-0.3, -0.25) is 4.79 Å². The molecule has 2 heterocycles. The molecule has 2 aliphatic rings. The zero-order valence-electron chi connectivity index (χ0n) is 12.9. The molecule has 0 spiro atoms. The molecule has 0 saturated carbocycles. The Morgan fingerprint density at radius 3 is 2.64 bits per heavy atom. The second-order valence-corrected chi connectivity index (χ2v) is 5.85. The fourth-order valence-electron chi connectivity index (χ4n) is 3.19. The highest BCUT2D eigenvalue weighted by Gasteiger charge is 2.46. The van der Waals surface area contributed by atoms with Gasteiger partial charge in [-0.1, -0.05) is 18.2 Å². The van der Waals surface area contributed by atoms with Gasteiger partial charge in [0.1, 0.15) is 18.4 Å². The van der Waals surface area contributed by atoms with Crippen molar-refractivity contribution in [2.45, 2.75) is 19.0 Å². The van der Waals surface area contributed by atoms with E-state index in [0.29, 0.717) is 26.2 Å². The van der Waals surface area contributed by atoms with Gasteiger partial charge in [-0.15, -0.1) is 0 Å². The molecule has 2 atom stereocenters. The molecule has 2 aliphatic heterocycles. The fourth-order valence-corrected chi connectivity index (χ4v) is 3.19. The highest BCUT2D eigenvalue weighted by atomic mass is 16.5. The third kappa shape index (κ3) is 2.61. The van der Waals surface area contributed by atoms with Crippen molar-refractivity contribution < 1.29 is 14.3 Å². The zero-order valence-corrected chi connectivity index (χ0v) is 12.9. The number of hydrogen-bond acceptors (Lipinski definition) is 3. The maximum absolute atomic E-state index is 12.5. The first-order valence-electron chi connectivity index (χ1n) is 7.58. The van der Waals surface area contributed by atoms with Gasteiger partial charge in [-0.05, 0) is 19.1 Å². The number of nitrogens with zero attached hydrogens (tertiary/aromatic N) is 3. The van der Waals surface area contributed by atoms with Crippen LogP contribution in [0, 0.1) is 0 Å². The van der Waals surface area contributed by atoms with E-state index < -0.39 is 0 Å². The third-order valence-electron chi connectivity index (χ3n) is 4.32. The van der Waals surface area contributed by atoms with Gasteiger partial charge in [-0.2, -0.15) is 0 Å². The van der Waals surface area contributed by atoms with E-state index in [1.165, 1.54) is 0 Å². The zero-order chi connectivity index (χ0) is 15.7. The number of rotatable bonds is 4.